The molecule has 2 atom stereocenters. The van der Waals surface area contributed by atoms with Gasteiger partial charge in [-0.1, -0.05) is 25.6 Å². The van der Waals surface area contributed by atoms with Crippen molar-refractivity contribution < 1.29 is 4.74 Å². The molecule has 2 fully saturated rings. The van der Waals surface area contributed by atoms with Crippen LogP contribution in [0.4, 0.5) is 0 Å². The lowest BCUT2D eigenvalue weighted by Gasteiger charge is -2.30. The number of hydrogen-bond acceptors (Lipinski definition) is 4. The van der Waals surface area contributed by atoms with Crippen molar-refractivity contribution in [2.24, 2.45) is 10.9 Å². The zero-order valence-corrected chi connectivity index (χ0v) is 12.5. The molecule has 2 saturated heterocycles. The molecular formula is C13H25N3OS. The molecule has 1 N–H and O–H groups in total. The van der Waals surface area contributed by atoms with Crippen LogP contribution in [-0.4, -0.2) is 61.3 Å². The van der Waals surface area contributed by atoms with Crippen molar-refractivity contribution in [3.05, 3.63) is 0 Å². The van der Waals surface area contributed by atoms with Gasteiger partial charge in [0.25, 0.3) is 0 Å². The summed E-state index contributed by atoms with van der Waals surface area (Å²) in [5.41, 5.74) is 0. The second-order valence-corrected chi connectivity index (χ2v) is 6.62. The second-order valence-electron chi connectivity index (χ2n) is 5.53. The fourth-order valence-electron chi connectivity index (χ4n) is 2.31. The van der Waals surface area contributed by atoms with Crippen molar-refractivity contribution >= 4 is 16.9 Å². The summed E-state index contributed by atoms with van der Waals surface area (Å²) < 4.78 is 5.73. The molecule has 0 radical (unpaired) electrons. The van der Waals surface area contributed by atoms with Gasteiger partial charge in [-0.25, -0.2) is 0 Å². The molecular weight excluding hydrogens is 246 g/mol. The van der Waals surface area contributed by atoms with Gasteiger partial charge >= 0.3 is 0 Å². The summed E-state index contributed by atoms with van der Waals surface area (Å²) in [6.45, 7) is 8.19. The molecule has 2 unspecified atom stereocenters. The zero-order chi connectivity index (χ0) is 13.0. The Morgan fingerprint density at radius 3 is 3.11 bits per heavy atom. The number of amidine groups is 1. The minimum Gasteiger partial charge on any atom is -0.374 e. The molecule has 0 saturated carbocycles. The standard InChI is InChI=1S/C13H25N3OS/c1-10(2)12-4-7-18-13(15-12)14-8-11-9-16(3)5-6-17-11/h10-12H,4-9H2,1-3H3,(H,14,15). The summed E-state index contributed by atoms with van der Waals surface area (Å²) >= 11 is 1.84. The van der Waals surface area contributed by atoms with Crippen LogP contribution in [-0.2, 0) is 4.74 Å². The predicted octanol–water partition coefficient (Wildman–Crippen LogP) is 1.42. The van der Waals surface area contributed by atoms with Gasteiger partial charge in [-0.15, -0.1) is 0 Å². The van der Waals surface area contributed by atoms with Gasteiger partial charge in [0.15, 0.2) is 5.17 Å². The largest absolute Gasteiger partial charge is 0.374 e. The van der Waals surface area contributed by atoms with Gasteiger partial charge in [0.2, 0.25) is 0 Å². The van der Waals surface area contributed by atoms with E-state index in [0.717, 1.165) is 31.4 Å². The maximum atomic E-state index is 5.73. The van der Waals surface area contributed by atoms with Gasteiger partial charge in [0.1, 0.15) is 0 Å². The highest BCUT2D eigenvalue weighted by molar-refractivity contribution is 8.13. The summed E-state index contributed by atoms with van der Waals surface area (Å²) in [4.78, 5) is 7.00. The number of morpholine rings is 1. The van der Waals surface area contributed by atoms with Crippen molar-refractivity contribution in [3.8, 4) is 0 Å². The number of likely N-dealkylation sites (N-methyl/N-ethyl adjacent to an activating group) is 1. The van der Waals surface area contributed by atoms with Crippen molar-refractivity contribution in [1.29, 1.82) is 0 Å². The fraction of sp³-hybridized carbons (Fsp3) is 0.923. The van der Waals surface area contributed by atoms with Crippen LogP contribution in [0.1, 0.15) is 20.3 Å². The van der Waals surface area contributed by atoms with E-state index in [1.165, 1.54) is 12.2 Å². The number of nitrogens with zero attached hydrogens (tertiary/aromatic N) is 2. The van der Waals surface area contributed by atoms with Gasteiger partial charge < -0.3 is 15.0 Å². The summed E-state index contributed by atoms with van der Waals surface area (Å²) in [5.74, 6) is 1.85. The third-order valence-electron chi connectivity index (χ3n) is 3.56. The molecule has 2 aliphatic rings. The van der Waals surface area contributed by atoms with Crippen LogP contribution >= 0.6 is 11.8 Å². The Kier molecular flexibility index (Phi) is 5.33. The maximum absolute atomic E-state index is 5.73. The Bertz CT molecular complexity index is 296. The van der Waals surface area contributed by atoms with E-state index in [9.17, 15) is 0 Å². The average Bonchev–Trinajstić information content (AvgIpc) is 2.37. The number of ether oxygens (including phenoxy) is 1. The molecule has 0 aliphatic carbocycles. The molecule has 0 amide bonds. The van der Waals surface area contributed by atoms with Crippen LogP contribution in [0.5, 0.6) is 0 Å². The fourth-order valence-corrected chi connectivity index (χ4v) is 3.27. The van der Waals surface area contributed by atoms with Gasteiger partial charge in [-0.05, 0) is 19.4 Å². The molecule has 2 heterocycles. The Labute approximate surface area is 115 Å². The van der Waals surface area contributed by atoms with E-state index >= 15 is 0 Å². The smallest absolute Gasteiger partial charge is 0.156 e. The molecule has 2 aliphatic heterocycles. The lowest BCUT2D eigenvalue weighted by molar-refractivity contribution is -0.0135. The van der Waals surface area contributed by atoms with Crippen LogP contribution in [0.25, 0.3) is 0 Å². The highest BCUT2D eigenvalue weighted by Crippen LogP contribution is 2.19. The molecule has 4 nitrogen and oxygen atoms in total. The summed E-state index contributed by atoms with van der Waals surface area (Å²) in [6, 6.07) is 0.583. The Hall–Kier alpha value is -0.260. The van der Waals surface area contributed by atoms with E-state index in [-0.39, 0.29) is 6.10 Å². The van der Waals surface area contributed by atoms with Crippen LogP contribution in [0.2, 0.25) is 0 Å². The van der Waals surface area contributed by atoms with E-state index in [4.69, 9.17) is 9.73 Å². The van der Waals surface area contributed by atoms with E-state index in [2.05, 4.69) is 31.1 Å². The average molecular weight is 271 g/mol. The van der Waals surface area contributed by atoms with Crippen LogP contribution in [0.3, 0.4) is 0 Å². The predicted molar refractivity (Wildman–Crippen MR) is 78.4 cm³/mol. The summed E-state index contributed by atoms with van der Waals surface area (Å²) in [7, 11) is 2.14. The molecule has 5 heteroatoms. The van der Waals surface area contributed by atoms with E-state index < -0.39 is 0 Å². The number of nitrogens with one attached hydrogen (secondary N) is 1. The number of aliphatic imine (C=N–C) groups is 1. The molecule has 0 aromatic rings. The first kappa shape index (κ1) is 14.2. The van der Waals surface area contributed by atoms with Crippen LogP contribution in [0, 0.1) is 5.92 Å². The molecule has 2 rings (SSSR count). The van der Waals surface area contributed by atoms with E-state index in [1.54, 1.807) is 0 Å². The number of thioether (sulfide) groups is 1. The lowest BCUT2D eigenvalue weighted by Crippen LogP contribution is -2.43. The number of rotatable bonds is 3. The molecule has 0 aromatic heterocycles. The molecule has 0 bridgehead atoms. The topological polar surface area (TPSA) is 36.9 Å². The van der Waals surface area contributed by atoms with Gasteiger partial charge in [-0.3, -0.25) is 4.99 Å². The van der Waals surface area contributed by atoms with Crippen LogP contribution in [0.15, 0.2) is 4.99 Å². The first-order valence-corrected chi connectivity index (χ1v) is 7.87. The van der Waals surface area contributed by atoms with Gasteiger partial charge in [0.05, 0.1) is 19.3 Å². The SMILES string of the molecule is CC(C)C1CCSC(=NCC2CN(C)CCO2)N1. The lowest BCUT2D eigenvalue weighted by atomic mass is 10.0. The first-order valence-electron chi connectivity index (χ1n) is 6.89. The first-order chi connectivity index (χ1) is 8.65. The van der Waals surface area contributed by atoms with Crippen molar-refractivity contribution in [2.45, 2.75) is 32.4 Å². The van der Waals surface area contributed by atoms with Gasteiger partial charge in [0, 0.05) is 24.9 Å². The second kappa shape index (κ2) is 6.78. The monoisotopic (exact) mass is 271 g/mol. The Morgan fingerprint density at radius 2 is 2.39 bits per heavy atom. The van der Waals surface area contributed by atoms with Crippen molar-refractivity contribution in [3.63, 3.8) is 0 Å². The van der Waals surface area contributed by atoms with Crippen molar-refractivity contribution in [2.75, 3.05) is 39.0 Å². The third kappa shape index (κ3) is 4.14. The molecule has 0 aromatic carbocycles. The maximum Gasteiger partial charge on any atom is 0.156 e. The van der Waals surface area contributed by atoms with E-state index in [1.807, 2.05) is 11.8 Å². The minimum atomic E-state index is 0.262. The Balaban J connectivity index is 1.81. The van der Waals surface area contributed by atoms with E-state index in [0.29, 0.717) is 12.0 Å². The van der Waals surface area contributed by atoms with Gasteiger partial charge in [-0.2, -0.15) is 0 Å². The summed E-state index contributed by atoms with van der Waals surface area (Å²) in [6.07, 6.45) is 1.50. The van der Waals surface area contributed by atoms with Crippen LogP contribution < -0.4 is 5.32 Å². The Morgan fingerprint density at radius 1 is 1.56 bits per heavy atom. The molecule has 0 spiro atoms. The highest BCUT2D eigenvalue weighted by atomic mass is 32.2. The highest BCUT2D eigenvalue weighted by Gasteiger charge is 2.21. The minimum absolute atomic E-state index is 0.262. The normalized spacial score (nSPS) is 32.8. The summed E-state index contributed by atoms with van der Waals surface area (Å²) in [5, 5.41) is 4.66. The van der Waals surface area contributed by atoms with Crippen molar-refractivity contribution in [1.82, 2.24) is 10.2 Å². The quantitative estimate of drug-likeness (QED) is 0.842. The zero-order valence-electron chi connectivity index (χ0n) is 11.7. The molecule has 104 valence electrons. The molecule has 18 heavy (non-hydrogen) atoms. The third-order valence-corrected chi connectivity index (χ3v) is 4.52. The number of hydrogen-bond donors (Lipinski definition) is 1.